The summed E-state index contributed by atoms with van der Waals surface area (Å²) in [6, 6.07) is 11.0. The van der Waals surface area contributed by atoms with Crippen LogP contribution in [-0.4, -0.2) is 13.1 Å². The van der Waals surface area contributed by atoms with E-state index >= 15 is 0 Å². The molecule has 1 saturated carbocycles. The van der Waals surface area contributed by atoms with Crippen molar-refractivity contribution >= 4 is 0 Å². The minimum atomic E-state index is 0.797. The molecule has 2 atom stereocenters. The molecule has 1 aromatic rings. The number of nitrogens with one attached hydrogen (secondary N) is 1. The maximum absolute atomic E-state index is 3.49. The zero-order valence-electron chi connectivity index (χ0n) is 9.58. The van der Waals surface area contributed by atoms with Crippen LogP contribution in [0.4, 0.5) is 0 Å². The third-order valence-corrected chi connectivity index (χ3v) is 3.54. The summed E-state index contributed by atoms with van der Waals surface area (Å²) in [5.74, 6) is 1.65. The van der Waals surface area contributed by atoms with Gasteiger partial charge in [0, 0.05) is 0 Å². The molecule has 2 rings (SSSR count). The summed E-state index contributed by atoms with van der Waals surface area (Å²) < 4.78 is 0. The molecule has 0 saturated heterocycles. The number of hydrogen-bond donors (Lipinski definition) is 1. The molecule has 0 aromatic heterocycles. The Kier molecular flexibility index (Phi) is 3.79. The van der Waals surface area contributed by atoms with Crippen LogP contribution in [0.1, 0.15) is 37.7 Å². The van der Waals surface area contributed by atoms with Crippen molar-refractivity contribution < 1.29 is 0 Å². The van der Waals surface area contributed by atoms with E-state index in [1.54, 1.807) is 0 Å². The molecule has 1 N–H and O–H groups in total. The van der Waals surface area contributed by atoms with Crippen LogP contribution in [0, 0.1) is 5.92 Å². The molecule has 2 unspecified atom stereocenters. The lowest BCUT2D eigenvalue weighted by molar-refractivity contribution is 0.450. The normalized spacial score (nSPS) is 25.7. The van der Waals surface area contributed by atoms with Gasteiger partial charge in [-0.15, -0.1) is 0 Å². The first-order chi connectivity index (χ1) is 7.42. The third kappa shape index (κ3) is 2.60. The average molecular weight is 203 g/mol. The van der Waals surface area contributed by atoms with E-state index in [1.165, 1.54) is 31.4 Å². The lowest BCUT2D eigenvalue weighted by atomic mass is 9.89. The van der Waals surface area contributed by atoms with Crippen molar-refractivity contribution in [1.29, 1.82) is 0 Å². The maximum Gasteiger partial charge on any atom is -0.00148 e. The minimum absolute atomic E-state index is 0.797. The monoisotopic (exact) mass is 203 g/mol. The van der Waals surface area contributed by atoms with Gasteiger partial charge in [0.1, 0.15) is 0 Å². The van der Waals surface area contributed by atoms with Gasteiger partial charge in [0.25, 0.3) is 0 Å². The summed E-state index contributed by atoms with van der Waals surface area (Å²) in [5, 5.41) is 3.49. The van der Waals surface area contributed by atoms with Gasteiger partial charge < -0.3 is 5.32 Å². The first kappa shape index (κ1) is 10.7. The highest BCUT2D eigenvalue weighted by Gasteiger charge is 2.27. The molecule has 0 radical (unpaired) electrons. The van der Waals surface area contributed by atoms with Crippen molar-refractivity contribution in [2.45, 2.75) is 32.1 Å². The fourth-order valence-corrected chi connectivity index (χ4v) is 2.75. The Balaban J connectivity index is 2.01. The minimum Gasteiger partial charge on any atom is -0.317 e. The van der Waals surface area contributed by atoms with E-state index in [9.17, 15) is 0 Å². The smallest absolute Gasteiger partial charge is 0.00148 e. The molecule has 0 aliphatic heterocycles. The van der Waals surface area contributed by atoms with E-state index in [1.807, 2.05) is 0 Å². The van der Waals surface area contributed by atoms with Gasteiger partial charge in [-0.3, -0.25) is 0 Å². The first-order valence-electron chi connectivity index (χ1n) is 6.17. The van der Waals surface area contributed by atoms with Crippen molar-refractivity contribution in [3.05, 3.63) is 35.9 Å². The summed E-state index contributed by atoms with van der Waals surface area (Å²) in [6.07, 6.45) is 4.17. The second kappa shape index (κ2) is 5.32. The summed E-state index contributed by atoms with van der Waals surface area (Å²) in [4.78, 5) is 0. The van der Waals surface area contributed by atoms with Gasteiger partial charge in [-0.2, -0.15) is 0 Å². The molecule has 0 spiro atoms. The predicted molar refractivity (Wildman–Crippen MR) is 65.1 cm³/mol. The maximum atomic E-state index is 3.49. The Bertz CT molecular complexity index is 281. The zero-order valence-corrected chi connectivity index (χ0v) is 9.58. The molecule has 0 bridgehead atoms. The lowest BCUT2D eigenvalue weighted by Gasteiger charge is -2.20. The van der Waals surface area contributed by atoms with Gasteiger partial charge in [0.15, 0.2) is 0 Å². The van der Waals surface area contributed by atoms with Crippen molar-refractivity contribution in [1.82, 2.24) is 5.32 Å². The quantitative estimate of drug-likeness (QED) is 0.792. The van der Waals surface area contributed by atoms with Gasteiger partial charge in [0.2, 0.25) is 0 Å². The highest BCUT2D eigenvalue weighted by molar-refractivity contribution is 5.21. The second-order valence-electron chi connectivity index (χ2n) is 4.52. The van der Waals surface area contributed by atoms with Crippen LogP contribution in [-0.2, 0) is 0 Å². The molecule has 15 heavy (non-hydrogen) atoms. The topological polar surface area (TPSA) is 12.0 Å². The lowest BCUT2D eigenvalue weighted by Crippen LogP contribution is -2.24. The molecule has 1 fully saturated rings. The van der Waals surface area contributed by atoms with Crippen molar-refractivity contribution in [3.8, 4) is 0 Å². The average Bonchev–Trinajstić information content (AvgIpc) is 2.75. The largest absolute Gasteiger partial charge is 0.317 e. The van der Waals surface area contributed by atoms with E-state index in [-0.39, 0.29) is 0 Å². The summed E-state index contributed by atoms with van der Waals surface area (Å²) in [7, 11) is 0. The fraction of sp³-hybridized carbons (Fsp3) is 0.571. The van der Waals surface area contributed by atoms with Crippen molar-refractivity contribution in [3.63, 3.8) is 0 Å². The van der Waals surface area contributed by atoms with Gasteiger partial charge in [-0.05, 0) is 43.3 Å². The molecule has 1 nitrogen and oxygen atoms in total. The highest BCUT2D eigenvalue weighted by atomic mass is 14.8. The van der Waals surface area contributed by atoms with Gasteiger partial charge >= 0.3 is 0 Å². The van der Waals surface area contributed by atoms with Crippen LogP contribution in [0.15, 0.2) is 30.3 Å². The van der Waals surface area contributed by atoms with Crippen LogP contribution in [0.5, 0.6) is 0 Å². The molecule has 1 aromatic carbocycles. The number of benzene rings is 1. The van der Waals surface area contributed by atoms with E-state index in [0.29, 0.717) is 0 Å². The Morgan fingerprint density at radius 2 is 2.00 bits per heavy atom. The Morgan fingerprint density at radius 1 is 1.20 bits per heavy atom. The van der Waals surface area contributed by atoms with Crippen molar-refractivity contribution in [2.75, 3.05) is 13.1 Å². The molecule has 1 heteroatoms. The Hall–Kier alpha value is -0.820. The molecule has 82 valence electrons. The standard InChI is InChI=1S/C14H21N/c1-2-15-11-13-9-6-10-14(13)12-7-4-3-5-8-12/h3-5,7-8,13-15H,2,6,9-11H2,1H3. The predicted octanol–water partition coefficient (Wildman–Crippen LogP) is 3.18. The zero-order chi connectivity index (χ0) is 10.5. The Labute approximate surface area is 92.9 Å². The van der Waals surface area contributed by atoms with Gasteiger partial charge in [-0.25, -0.2) is 0 Å². The van der Waals surface area contributed by atoms with Crippen LogP contribution in [0.2, 0.25) is 0 Å². The molecular weight excluding hydrogens is 182 g/mol. The Morgan fingerprint density at radius 3 is 2.73 bits per heavy atom. The van der Waals surface area contributed by atoms with Crippen LogP contribution < -0.4 is 5.32 Å². The summed E-state index contributed by atoms with van der Waals surface area (Å²) in [6.45, 7) is 4.47. The van der Waals surface area contributed by atoms with E-state index < -0.39 is 0 Å². The SMILES string of the molecule is CCNCC1CCCC1c1ccccc1. The molecule has 0 amide bonds. The molecule has 1 aliphatic rings. The van der Waals surface area contributed by atoms with Crippen LogP contribution in [0.25, 0.3) is 0 Å². The van der Waals surface area contributed by atoms with Gasteiger partial charge in [-0.1, -0.05) is 43.7 Å². The van der Waals surface area contributed by atoms with E-state index in [0.717, 1.165) is 18.4 Å². The fourth-order valence-electron chi connectivity index (χ4n) is 2.75. The van der Waals surface area contributed by atoms with Gasteiger partial charge in [0.05, 0.1) is 0 Å². The van der Waals surface area contributed by atoms with E-state index in [2.05, 4.69) is 42.6 Å². The van der Waals surface area contributed by atoms with E-state index in [4.69, 9.17) is 0 Å². The molecular formula is C14H21N. The molecule has 1 aliphatic carbocycles. The second-order valence-corrected chi connectivity index (χ2v) is 4.52. The van der Waals surface area contributed by atoms with Crippen LogP contribution >= 0.6 is 0 Å². The first-order valence-corrected chi connectivity index (χ1v) is 6.17. The molecule has 0 heterocycles. The number of hydrogen-bond acceptors (Lipinski definition) is 1. The van der Waals surface area contributed by atoms with Crippen molar-refractivity contribution in [2.24, 2.45) is 5.92 Å². The highest BCUT2D eigenvalue weighted by Crippen LogP contribution is 2.38. The van der Waals surface area contributed by atoms with Crippen LogP contribution in [0.3, 0.4) is 0 Å². The number of rotatable bonds is 4. The third-order valence-electron chi connectivity index (χ3n) is 3.54. The summed E-state index contributed by atoms with van der Waals surface area (Å²) >= 11 is 0. The summed E-state index contributed by atoms with van der Waals surface area (Å²) in [5.41, 5.74) is 1.54.